The Balaban J connectivity index is 1.87. The molecule has 3 aromatic rings. The zero-order valence-corrected chi connectivity index (χ0v) is 14.8. The van der Waals surface area contributed by atoms with Crippen molar-refractivity contribution in [3.63, 3.8) is 0 Å². The molecule has 0 aromatic heterocycles. The molecule has 25 heavy (non-hydrogen) atoms. The Kier molecular flexibility index (Phi) is 3.93. The van der Waals surface area contributed by atoms with Crippen LogP contribution in [0.2, 0.25) is 0 Å². The van der Waals surface area contributed by atoms with Gasteiger partial charge < -0.3 is 10.4 Å². The second kappa shape index (κ2) is 6.26. The van der Waals surface area contributed by atoms with Gasteiger partial charge in [-0.2, -0.15) is 0 Å². The van der Waals surface area contributed by atoms with Crippen LogP contribution in [0.1, 0.15) is 22.1 Å². The SMILES string of the molecule is O=C1c2ccccc2NC(c2ccc(O)c(Br)c2)N1c1ccccc1. The van der Waals surface area contributed by atoms with Gasteiger partial charge in [0.1, 0.15) is 11.9 Å². The van der Waals surface area contributed by atoms with Crippen LogP contribution in [0.5, 0.6) is 5.75 Å². The minimum Gasteiger partial charge on any atom is -0.507 e. The van der Waals surface area contributed by atoms with E-state index in [4.69, 9.17) is 0 Å². The highest BCUT2D eigenvalue weighted by atomic mass is 79.9. The molecule has 3 aromatic carbocycles. The number of phenolic OH excluding ortho intramolecular Hbond substituents is 1. The molecule has 4 rings (SSSR count). The van der Waals surface area contributed by atoms with Crippen LogP contribution in [-0.2, 0) is 0 Å². The first kappa shape index (κ1) is 15.7. The van der Waals surface area contributed by atoms with Crippen molar-refractivity contribution in [3.8, 4) is 5.75 Å². The van der Waals surface area contributed by atoms with Crippen LogP contribution < -0.4 is 10.2 Å². The molecule has 4 nitrogen and oxygen atoms in total. The van der Waals surface area contributed by atoms with Crippen molar-refractivity contribution in [1.29, 1.82) is 0 Å². The van der Waals surface area contributed by atoms with Gasteiger partial charge in [-0.3, -0.25) is 9.69 Å². The molecule has 1 unspecified atom stereocenters. The minimum absolute atomic E-state index is 0.0604. The second-order valence-electron chi connectivity index (χ2n) is 5.81. The van der Waals surface area contributed by atoms with Gasteiger partial charge >= 0.3 is 0 Å². The van der Waals surface area contributed by atoms with Gasteiger partial charge in [0, 0.05) is 11.4 Å². The molecular formula is C20H15BrN2O2. The number of benzene rings is 3. The minimum atomic E-state index is -0.373. The van der Waals surface area contributed by atoms with E-state index < -0.39 is 0 Å². The van der Waals surface area contributed by atoms with E-state index in [1.807, 2.05) is 66.7 Å². The molecule has 1 atom stereocenters. The summed E-state index contributed by atoms with van der Waals surface area (Å²) in [4.78, 5) is 14.9. The fourth-order valence-electron chi connectivity index (χ4n) is 3.03. The molecule has 0 radical (unpaired) electrons. The number of hydrogen-bond donors (Lipinski definition) is 2. The van der Waals surface area contributed by atoms with E-state index in [-0.39, 0.29) is 17.8 Å². The number of phenols is 1. The summed E-state index contributed by atoms with van der Waals surface area (Å²) < 4.78 is 0.589. The third-order valence-electron chi connectivity index (χ3n) is 4.25. The van der Waals surface area contributed by atoms with Crippen LogP contribution in [0.3, 0.4) is 0 Å². The molecule has 0 aliphatic carbocycles. The number of carbonyl (C=O) groups is 1. The Morgan fingerprint density at radius 1 is 0.960 bits per heavy atom. The quantitative estimate of drug-likeness (QED) is 0.647. The molecule has 1 aliphatic heterocycles. The number of hydrogen-bond acceptors (Lipinski definition) is 3. The maximum Gasteiger partial charge on any atom is 0.262 e. The summed E-state index contributed by atoms with van der Waals surface area (Å²) >= 11 is 3.35. The molecule has 0 fully saturated rings. The van der Waals surface area contributed by atoms with Crippen LogP contribution in [0, 0.1) is 0 Å². The summed E-state index contributed by atoms with van der Waals surface area (Å²) in [6.45, 7) is 0. The number of halogens is 1. The summed E-state index contributed by atoms with van der Waals surface area (Å²) in [5.41, 5.74) is 3.12. The summed E-state index contributed by atoms with van der Waals surface area (Å²) in [5.74, 6) is 0.104. The molecule has 0 saturated carbocycles. The molecule has 0 bridgehead atoms. The van der Waals surface area contributed by atoms with Gasteiger partial charge in [0.2, 0.25) is 0 Å². The van der Waals surface area contributed by atoms with E-state index in [1.54, 1.807) is 11.0 Å². The van der Waals surface area contributed by atoms with Gasteiger partial charge in [-0.1, -0.05) is 36.4 Å². The molecule has 2 N–H and O–H groups in total. The highest BCUT2D eigenvalue weighted by molar-refractivity contribution is 9.10. The van der Waals surface area contributed by atoms with E-state index in [1.165, 1.54) is 0 Å². The Hall–Kier alpha value is -2.79. The Labute approximate surface area is 153 Å². The van der Waals surface area contributed by atoms with E-state index in [9.17, 15) is 9.90 Å². The fourth-order valence-corrected chi connectivity index (χ4v) is 3.43. The van der Waals surface area contributed by atoms with Crippen molar-refractivity contribution >= 4 is 33.2 Å². The molecule has 5 heteroatoms. The topological polar surface area (TPSA) is 52.6 Å². The van der Waals surface area contributed by atoms with Crippen molar-refractivity contribution < 1.29 is 9.90 Å². The number of carbonyl (C=O) groups excluding carboxylic acids is 1. The molecule has 1 aliphatic rings. The van der Waals surface area contributed by atoms with Crippen LogP contribution in [-0.4, -0.2) is 11.0 Å². The molecule has 0 spiro atoms. The van der Waals surface area contributed by atoms with E-state index in [0.717, 1.165) is 16.9 Å². The zero-order chi connectivity index (χ0) is 17.4. The van der Waals surface area contributed by atoms with Crippen LogP contribution in [0.4, 0.5) is 11.4 Å². The first-order valence-corrected chi connectivity index (χ1v) is 8.67. The van der Waals surface area contributed by atoms with Crippen molar-refractivity contribution in [2.75, 3.05) is 10.2 Å². The standard InChI is InChI=1S/C20H15BrN2O2/c21-16-12-13(10-11-18(16)24)19-22-17-9-5-4-8-15(17)20(25)23(19)14-6-2-1-3-7-14/h1-12,19,22,24H. The highest BCUT2D eigenvalue weighted by Crippen LogP contribution is 2.38. The number of aromatic hydroxyl groups is 1. The molecule has 0 saturated heterocycles. The lowest BCUT2D eigenvalue weighted by Gasteiger charge is -2.38. The maximum absolute atomic E-state index is 13.2. The van der Waals surface area contributed by atoms with Crippen LogP contribution >= 0.6 is 15.9 Å². The average molecular weight is 395 g/mol. The van der Waals surface area contributed by atoms with E-state index >= 15 is 0 Å². The smallest absolute Gasteiger partial charge is 0.262 e. The molecule has 1 heterocycles. The summed E-state index contributed by atoms with van der Waals surface area (Å²) in [5, 5.41) is 13.2. The second-order valence-corrected chi connectivity index (χ2v) is 6.67. The zero-order valence-electron chi connectivity index (χ0n) is 13.2. The van der Waals surface area contributed by atoms with Crippen molar-refractivity contribution in [1.82, 2.24) is 0 Å². The van der Waals surface area contributed by atoms with Crippen LogP contribution in [0.25, 0.3) is 0 Å². The van der Waals surface area contributed by atoms with Crippen molar-refractivity contribution in [2.45, 2.75) is 6.17 Å². The van der Waals surface area contributed by atoms with Gasteiger partial charge in [-0.25, -0.2) is 0 Å². The number of nitrogens with one attached hydrogen (secondary N) is 1. The summed E-state index contributed by atoms with van der Waals surface area (Å²) in [7, 11) is 0. The first-order chi connectivity index (χ1) is 12.1. The number of nitrogens with zero attached hydrogens (tertiary/aromatic N) is 1. The highest BCUT2D eigenvalue weighted by Gasteiger charge is 2.34. The molecule has 124 valence electrons. The third kappa shape index (κ3) is 2.76. The molecular weight excluding hydrogens is 380 g/mol. The largest absolute Gasteiger partial charge is 0.507 e. The number of fused-ring (bicyclic) bond motifs is 1. The monoisotopic (exact) mass is 394 g/mol. The van der Waals surface area contributed by atoms with Crippen molar-refractivity contribution in [2.24, 2.45) is 0 Å². The Bertz CT molecular complexity index is 943. The predicted molar refractivity (Wildman–Crippen MR) is 102 cm³/mol. The Morgan fingerprint density at radius 2 is 1.68 bits per heavy atom. The van der Waals surface area contributed by atoms with E-state index in [2.05, 4.69) is 21.2 Å². The lowest BCUT2D eigenvalue weighted by Crippen LogP contribution is -2.43. The summed E-state index contributed by atoms with van der Waals surface area (Å²) in [6.07, 6.45) is -0.373. The lowest BCUT2D eigenvalue weighted by molar-refractivity contribution is 0.0975. The number of rotatable bonds is 2. The maximum atomic E-state index is 13.2. The van der Waals surface area contributed by atoms with Gasteiger partial charge in [-0.05, 0) is 57.9 Å². The van der Waals surface area contributed by atoms with Gasteiger partial charge in [0.15, 0.2) is 0 Å². The normalized spacial score (nSPS) is 16.3. The van der Waals surface area contributed by atoms with Gasteiger partial charge in [0.25, 0.3) is 5.91 Å². The van der Waals surface area contributed by atoms with Crippen molar-refractivity contribution in [3.05, 3.63) is 88.4 Å². The number of amides is 1. The summed E-state index contributed by atoms with van der Waals surface area (Å²) in [6, 6.07) is 22.3. The Morgan fingerprint density at radius 3 is 2.44 bits per heavy atom. The third-order valence-corrected chi connectivity index (χ3v) is 4.88. The fraction of sp³-hybridized carbons (Fsp3) is 0.0500. The van der Waals surface area contributed by atoms with Gasteiger partial charge in [0.05, 0.1) is 10.0 Å². The van der Waals surface area contributed by atoms with E-state index in [0.29, 0.717) is 10.0 Å². The van der Waals surface area contributed by atoms with Gasteiger partial charge in [-0.15, -0.1) is 0 Å². The predicted octanol–water partition coefficient (Wildman–Crippen LogP) is 4.93. The van der Waals surface area contributed by atoms with Crippen LogP contribution in [0.15, 0.2) is 77.3 Å². The first-order valence-electron chi connectivity index (χ1n) is 7.88. The molecule has 1 amide bonds. The number of para-hydroxylation sites is 2. The lowest BCUT2D eigenvalue weighted by atomic mass is 10.0. The average Bonchev–Trinajstić information content (AvgIpc) is 2.64. The number of anilines is 2.